The first kappa shape index (κ1) is 48.8. The lowest BCUT2D eigenvalue weighted by atomic mass is 10.1. The van der Waals surface area contributed by atoms with Gasteiger partial charge >= 0.3 is 19.8 Å². The van der Waals surface area contributed by atoms with Gasteiger partial charge in [0.1, 0.15) is 6.61 Å². The van der Waals surface area contributed by atoms with Crippen LogP contribution in [0, 0.1) is 0 Å². The fourth-order valence-electron chi connectivity index (χ4n) is 5.14. The normalized spacial score (nSPS) is 14.0. The molecule has 0 heterocycles. The Bertz CT molecular complexity index is 1020. The molecular formula is C42H73O8P. The van der Waals surface area contributed by atoms with Crippen LogP contribution in [-0.2, 0) is 32.7 Å². The van der Waals surface area contributed by atoms with Gasteiger partial charge in [-0.05, 0) is 84.0 Å². The van der Waals surface area contributed by atoms with Crippen molar-refractivity contribution in [3.8, 4) is 0 Å². The number of carbonyl (C=O) groups excluding carboxylic acids is 2. The predicted molar refractivity (Wildman–Crippen MR) is 211 cm³/mol. The van der Waals surface area contributed by atoms with Gasteiger partial charge in [0, 0.05) is 12.8 Å². The Hall–Kier alpha value is -2.25. The van der Waals surface area contributed by atoms with E-state index in [1.807, 2.05) is 0 Å². The summed E-state index contributed by atoms with van der Waals surface area (Å²) in [7, 11) is -4.29. The summed E-state index contributed by atoms with van der Waals surface area (Å²) in [4.78, 5) is 34.6. The number of rotatable bonds is 36. The largest absolute Gasteiger partial charge is 0.472 e. The Labute approximate surface area is 311 Å². The maximum Gasteiger partial charge on any atom is 0.472 e. The second-order valence-corrected chi connectivity index (χ2v) is 14.4. The highest BCUT2D eigenvalue weighted by Crippen LogP contribution is 2.43. The van der Waals surface area contributed by atoms with Crippen LogP contribution >= 0.6 is 7.82 Å². The van der Waals surface area contributed by atoms with Crippen LogP contribution in [0.5, 0.6) is 0 Å². The van der Waals surface area contributed by atoms with Crippen molar-refractivity contribution in [1.82, 2.24) is 0 Å². The van der Waals surface area contributed by atoms with Gasteiger partial charge in [0.15, 0.2) is 6.10 Å². The van der Waals surface area contributed by atoms with Crippen molar-refractivity contribution in [2.75, 3.05) is 19.8 Å². The SMILES string of the molecule is CC/C=C\C/C=C\C/C=C\C/C=C\CCCCC(=O)OC(COC(=O)CCCCCCC/C=C\CCCCCCCCC)COP(=O)(O)OCC. The molecule has 0 radical (unpaired) electrons. The van der Waals surface area contributed by atoms with Crippen LogP contribution in [0.15, 0.2) is 60.8 Å². The summed E-state index contributed by atoms with van der Waals surface area (Å²) in [5.74, 6) is -0.860. The highest BCUT2D eigenvalue weighted by atomic mass is 31.2. The van der Waals surface area contributed by atoms with Crippen molar-refractivity contribution in [3.63, 3.8) is 0 Å². The van der Waals surface area contributed by atoms with Crippen LogP contribution < -0.4 is 0 Å². The molecule has 2 unspecified atom stereocenters. The predicted octanol–water partition coefficient (Wildman–Crippen LogP) is 12.4. The Balaban J connectivity index is 4.21. The van der Waals surface area contributed by atoms with Crippen molar-refractivity contribution in [2.45, 2.75) is 175 Å². The number of phosphoric ester groups is 1. The Morgan fingerprint density at radius 1 is 0.549 bits per heavy atom. The van der Waals surface area contributed by atoms with E-state index in [9.17, 15) is 19.0 Å². The topological polar surface area (TPSA) is 108 Å². The van der Waals surface area contributed by atoms with Gasteiger partial charge in [0.25, 0.3) is 0 Å². The molecule has 2 atom stereocenters. The zero-order valence-corrected chi connectivity index (χ0v) is 33.4. The van der Waals surface area contributed by atoms with E-state index in [0.717, 1.165) is 77.0 Å². The molecule has 0 aromatic heterocycles. The number of hydrogen-bond acceptors (Lipinski definition) is 7. The minimum absolute atomic E-state index is 0.0114. The lowest BCUT2D eigenvalue weighted by Crippen LogP contribution is -2.29. The van der Waals surface area contributed by atoms with Crippen molar-refractivity contribution in [2.24, 2.45) is 0 Å². The van der Waals surface area contributed by atoms with Crippen LogP contribution in [-0.4, -0.2) is 42.8 Å². The van der Waals surface area contributed by atoms with Crippen molar-refractivity contribution >= 4 is 19.8 Å². The zero-order chi connectivity index (χ0) is 37.5. The third-order valence-corrected chi connectivity index (χ3v) is 9.12. The van der Waals surface area contributed by atoms with E-state index in [1.165, 1.54) is 51.4 Å². The number of hydrogen-bond donors (Lipinski definition) is 1. The second kappa shape index (κ2) is 37.5. The molecular weight excluding hydrogens is 663 g/mol. The van der Waals surface area contributed by atoms with Gasteiger partial charge in [-0.3, -0.25) is 18.6 Å². The van der Waals surface area contributed by atoms with Gasteiger partial charge in [-0.2, -0.15) is 0 Å². The second-order valence-electron chi connectivity index (χ2n) is 12.9. The molecule has 0 aromatic rings. The molecule has 0 rings (SSSR count). The maximum absolute atomic E-state index is 12.5. The molecule has 8 nitrogen and oxygen atoms in total. The maximum atomic E-state index is 12.5. The van der Waals surface area contributed by atoms with Gasteiger partial charge in [-0.25, -0.2) is 4.57 Å². The fraction of sp³-hybridized carbons (Fsp3) is 0.714. The van der Waals surface area contributed by atoms with Gasteiger partial charge in [-0.15, -0.1) is 0 Å². The molecule has 0 bridgehead atoms. The van der Waals surface area contributed by atoms with Gasteiger partial charge in [0.05, 0.1) is 13.2 Å². The third-order valence-electron chi connectivity index (χ3n) is 8.06. The standard InChI is InChI=1S/C42H73O8P/c1-4-7-9-11-13-15-17-19-21-23-24-26-28-30-32-34-36-41(43)47-38-40(39-49-51(45,46)48-6-3)50-42(44)37-35-33-31-29-27-25-22-20-18-16-14-12-10-8-5-2/h8,10,14,16,20-23,27,29,40H,4-7,9,11-13,15,17-19,24-26,28,30-39H2,1-3H3,(H,45,46)/b10-8-,16-14-,22-20-,23-21-,29-27-. The highest BCUT2D eigenvalue weighted by molar-refractivity contribution is 7.47. The van der Waals surface area contributed by atoms with Crippen molar-refractivity contribution in [3.05, 3.63) is 60.8 Å². The Morgan fingerprint density at radius 2 is 1.00 bits per heavy atom. The van der Waals surface area contributed by atoms with Crippen LogP contribution in [0.2, 0.25) is 0 Å². The summed E-state index contributed by atoms with van der Waals surface area (Å²) in [6.07, 6.45) is 44.2. The summed E-state index contributed by atoms with van der Waals surface area (Å²) in [6, 6.07) is 0. The summed E-state index contributed by atoms with van der Waals surface area (Å²) in [6.45, 7) is 5.28. The van der Waals surface area contributed by atoms with Crippen molar-refractivity contribution in [1.29, 1.82) is 0 Å². The number of allylic oxidation sites excluding steroid dienone is 10. The molecule has 0 fully saturated rings. The van der Waals surface area contributed by atoms with Gasteiger partial charge < -0.3 is 14.4 Å². The number of esters is 2. The van der Waals surface area contributed by atoms with E-state index in [2.05, 4.69) is 74.6 Å². The van der Waals surface area contributed by atoms with Crippen LogP contribution in [0.3, 0.4) is 0 Å². The van der Waals surface area contributed by atoms with Crippen LogP contribution in [0.25, 0.3) is 0 Å². The molecule has 0 amide bonds. The zero-order valence-electron chi connectivity index (χ0n) is 32.5. The smallest absolute Gasteiger partial charge is 0.462 e. The average Bonchev–Trinajstić information content (AvgIpc) is 3.10. The first-order valence-corrected chi connectivity index (χ1v) is 21.6. The fourth-order valence-corrected chi connectivity index (χ4v) is 5.90. The highest BCUT2D eigenvalue weighted by Gasteiger charge is 2.25. The van der Waals surface area contributed by atoms with E-state index >= 15 is 0 Å². The van der Waals surface area contributed by atoms with E-state index in [0.29, 0.717) is 6.42 Å². The lowest BCUT2D eigenvalue weighted by Gasteiger charge is -2.19. The van der Waals surface area contributed by atoms with Gasteiger partial charge in [-0.1, -0.05) is 132 Å². The molecule has 0 aliphatic rings. The Morgan fingerprint density at radius 3 is 1.57 bits per heavy atom. The van der Waals surface area contributed by atoms with E-state index in [-0.39, 0.29) is 32.0 Å². The number of unbranched alkanes of at least 4 members (excludes halogenated alkanes) is 14. The molecule has 0 saturated heterocycles. The average molecular weight is 737 g/mol. The summed E-state index contributed by atoms with van der Waals surface area (Å²) >= 11 is 0. The molecule has 0 saturated carbocycles. The van der Waals surface area contributed by atoms with Crippen molar-refractivity contribution < 1.29 is 37.6 Å². The van der Waals surface area contributed by atoms with E-state index in [4.69, 9.17) is 18.5 Å². The summed E-state index contributed by atoms with van der Waals surface area (Å²) < 4.78 is 32.5. The number of ether oxygens (including phenoxy) is 2. The summed E-state index contributed by atoms with van der Waals surface area (Å²) in [5.41, 5.74) is 0. The quantitative estimate of drug-likeness (QED) is 0.0293. The monoisotopic (exact) mass is 737 g/mol. The van der Waals surface area contributed by atoms with Gasteiger partial charge in [0.2, 0.25) is 0 Å². The molecule has 0 aliphatic carbocycles. The van der Waals surface area contributed by atoms with E-state index < -0.39 is 26.5 Å². The minimum atomic E-state index is -4.29. The van der Waals surface area contributed by atoms with Crippen LogP contribution in [0.1, 0.15) is 168 Å². The third kappa shape index (κ3) is 37.3. The lowest BCUT2D eigenvalue weighted by molar-refractivity contribution is -0.161. The molecule has 0 spiro atoms. The molecule has 51 heavy (non-hydrogen) atoms. The number of phosphoric acid groups is 1. The van der Waals surface area contributed by atoms with E-state index in [1.54, 1.807) is 6.92 Å². The molecule has 294 valence electrons. The number of carbonyl (C=O) groups is 2. The molecule has 1 N–H and O–H groups in total. The molecule has 0 aliphatic heterocycles. The first-order valence-electron chi connectivity index (χ1n) is 20.1. The minimum Gasteiger partial charge on any atom is -0.462 e. The summed E-state index contributed by atoms with van der Waals surface area (Å²) in [5, 5.41) is 0. The first-order chi connectivity index (χ1) is 24.8. The molecule has 9 heteroatoms. The molecule has 0 aromatic carbocycles. The Kier molecular flexibility index (Phi) is 35.9. The van der Waals surface area contributed by atoms with Crippen LogP contribution in [0.4, 0.5) is 0 Å².